The summed E-state index contributed by atoms with van der Waals surface area (Å²) in [6.45, 7) is 16.6. The summed E-state index contributed by atoms with van der Waals surface area (Å²) in [6.07, 6.45) is 2.51. The zero-order valence-electron chi connectivity index (χ0n) is 16.4. The van der Waals surface area contributed by atoms with E-state index in [-0.39, 0.29) is 18.0 Å². The first-order valence-electron chi connectivity index (χ1n) is 9.28. The van der Waals surface area contributed by atoms with Crippen LogP contribution in [-0.2, 0) is 4.79 Å². The van der Waals surface area contributed by atoms with Gasteiger partial charge < -0.3 is 20.9 Å². The van der Waals surface area contributed by atoms with Crippen molar-refractivity contribution in [3.63, 3.8) is 0 Å². The lowest BCUT2D eigenvalue weighted by molar-refractivity contribution is -0.121. The van der Waals surface area contributed by atoms with Crippen LogP contribution in [-0.4, -0.2) is 61.1 Å². The molecule has 6 nitrogen and oxygen atoms in total. The van der Waals surface area contributed by atoms with Crippen LogP contribution in [0.15, 0.2) is 4.99 Å². The second kappa shape index (κ2) is 9.87. The van der Waals surface area contributed by atoms with Crippen LogP contribution in [0.5, 0.6) is 0 Å². The molecule has 1 heterocycles. The van der Waals surface area contributed by atoms with Crippen LogP contribution in [0.25, 0.3) is 0 Å². The quantitative estimate of drug-likeness (QED) is 0.508. The number of guanidine groups is 1. The third-order valence-electron chi connectivity index (χ3n) is 4.08. The second-order valence-corrected chi connectivity index (χ2v) is 7.97. The van der Waals surface area contributed by atoms with Crippen molar-refractivity contribution in [3.05, 3.63) is 0 Å². The third kappa shape index (κ3) is 8.52. The zero-order chi connectivity index (χ0) is 18.2. The fourth-order valence-electron chi connectivity index (χ4n) is 2.92. The van der Waals surface area contributed by atoms with E-state index < -0.39 is 0 Å². The molecular formula is C18H37N5O. The minimum atomic E-state index is -0.221. The lowest BCUT2D eigenvalue weighted by Gasteiger charge is -2.35. The first-order chi connectivity index (χ1) is 11.2. The number of carbonyl (C=O) groups is 1. The average Bonchev–Trinajstić information content (AvgIpc) is 2.48. The van der Waals surface area contributed by atoms with Crippen molar-refractivity contribution in [1.29, 1.82) is 0 Å². The molecule has 0 spiro atoms. The van der Waals surface area contributed by atoms with Crippen LogP contribution in [0.2, 0.25) is 0 Å². The first-order valence-corrected chi connectivity index (χ1v) is 9.28. The number of likely N-dealkylation sites (tertiary alicyclic amines) is 1. The molecule has 1 unspecified atom stereocenters. The molecule has 0 bridgehead atoms. The van der Waals surface area contributed by atoms with E-state index >= 15 is 0 Å². The molecule has 0 aromatic rings. The molecule has 1 amide bonds. The number of aliphatic imine (C=N–C) groups is 1. The van der Waals surface area contributed by atoms with Crippen molar-refractivity contribution in [2.45, 2.75) is 66.0 Å². The Labute approximate surface area is 147 Å². The number of hydrogen-bond donors (Lipinski definition) is 3. The van der Waals surface area contributed by atoms with E-state index in [2.05, 4.69) is 39.7 Å². The van der Waals surface area contributed by atoms with Crippen LogP contribution in [0, 0.1) is 5.92 Å². The van der Waals surface area contributed by atoms with Crippen LogP contribution in [0.3, 0.4) is 0 Å². The van der Waals surface area contributed by atoms with Gasteiger partial charge in [-0.25, -0.2) is 4.99 Å². The molecule has 0 radical (unpaired) electrons. The van der Waals surface area contributed by atoms with Gasteiger partial charge in [0.05, 0.1) is 0 Å². The van der Waals surface area contributed by atoms with Crippen LogP contribution in [0.4, 0.5) is 0 Å². The van der Waals surface area contributed by atoms with Gasteiger partial charge in [-0.2, -0.15) is 0 Å². The van der Waals surface area contributed by atoms with E-state index in [9.17, 15) is 4.79 Å². The summed E-state index contributed by atoms with van der Waals surface area (Å²) in [7, 11) is 0. The highest BCUT2D eigenvalue weighted by Crippen LogP contribution is 2.17. The molecule has 1 fully saturated rings. The molecule has 3 N–H and O–H groups in total. The van der Waals surface area contributed by atoms with Gasteiger partial charge in [-0.05, 0) is 66.8 Å². The number of nitrogens with one attached hydrogen (secondary N) is 3. The van der Waals surface area contributed by atoms with Gasteiger partial charge in [0.15, 0.2) is 5.96 Å². The fraction of sp³-hybridized carbons (Fsp3) is 0.889. The summed E-state index contributed by atoms with van der Waals surface area (Å²) < 4.78 is 0. The van der Waals surface area contributed by atoms with E-state index in [1.165, 1.54) is 19.4 Å². The molecule has 0 saturated carbocycles. The molecular weight excluding hydrogens is 302 g/mol. The number of nitrogens with zero attached hydrogens (tertiary/aromatic N) is 2. The molecule has 1 aliphatic rings. The van der Waals surface area contributed by atoms with Gasteiger partial charge in [-0.1, -0.05) is 0 Å². The van der Waals surface area contributed by atoms with Crippen LogP contribution >= 0.6 is 0 Å². The Morgan fingerprint density at radius 1 is 1.29 bits per heavy atom. The van der Waals surface area contributed by atoms with Crippen LogP contribution < -0.4 is 16.0 Å². The molecule has 1 atom stereocenters. The second-order valence-electron chi connectivity index (χ2n) is 7.97. The zero-order valence-corrected chi connectivity index (χ0v) is 16.4. The number of rotatable bonds is 6. The largest absolute Gasteiger partial charge is 0.357 e. The Kier molecular flexibility index (Phi) is 8.53. The van der Waals surface area contributed by atoms with Crippen molar-refractivity contribution < 1.29 is 4.79 Å². The highest BCUT2D eigenvalue weighted by molar-refractivity contribution is 5.85. The highest BCUT2D eigenvalue weighted by atomic mass is 16.2. The van der Waals surface area contributed by atoms with Crippen molar-refractivity contribution in [2.75, 3.05) is 32.7 Å². The van der Waals surface area contributed by atoms with Gasteiger partial charge in [0.2, 0.25) is 5.91 Å². The van der Waals surface area contributed by atoms with Crippen molar-refractivity contribution in [3.8, 4) is 0 Å². The Morgan fingerprint density at radius 3 is 2.58 bits per heavy atom. The fourth-order valence-corrected chi connectivity index (χ4v) is 2.92. The Bertz CT molecular complexity index is 414. The minimum Gasteiger partial charge on any atom is -0.357 e. The Morgan fingerprint density at radius 2 is 2.00 bits per heavy atom. The number of carbonyl (C=O) groups excluding carboxylic acids is 1. The Hall–Kier alpha value is -1.30. The summed E-state index contributed by atoms with van der Waals surface area (Å²) >= 11 is 0. The molecule has 140 valence electrons. The summed E-state index contributed by atoms with van der Waals surface area (Å²) in [5.74, 6) is 1.31. The number of piperidine rings is 1. The van der Waals surface area contributed by atoms with E-state index in [4.69, 9.17) is 0 Å². The first kappa shape index (κ1) is 20.7. The lowest BCUT2D eigenvalue weighted by Crippen LogP contribution is -2.46. The summed E-state index contributed by atoms with van der Waals surface area (Å²) in [5.41, 5.74) is -0.221. The normalized spacial score (nSPS) is 20.1. The molecule has 24 heavy (non-hydrogen) atoms. The van der Waals surface area contributed by atoms with E-state index in [0.717, 1.165) is 25.6 Å². The van der Waals surface area contributed by atoms with Gasteiger partial charge in [-0.3, -0.25) is 4.79 Å². The molecule has 1 aliphatic heterocycles. The van der Waals surface area contributed by atoms with Gasteiger partial charge in [0.1, 0.15) is 6.54 Å². The predicted molar refractivity (Wildman–Crippen MR) is 101 cm³/mol. The highest BCUT2D eigenvalue weighted by Gasteiger charge is 2.21. The Balaban J connectivity index is 2.47. The molecule has 0 aromatic carbocycles. The topological polar surface area (TPSA) is 68.8 Å². The summed E-state index contributed by atoms with van der Waals surface area (Å²) in [4.78, 5) is 18.9. The monoisotopic (exact) mass is 339 g/mol. The van der Waals surface area contributed by atoms with E-state index in [0.29, 0.717) is 12.0 Å². The lowest BCUT2D eigenvalue weighted by atomic mass is 9.97. The maximum Gasteiger partial charge on any atom is 0.242 e. The molecule has 1 rings (SSSR count). The average molecular weight is 340 g/mol. The predicted octanol–water partition coefficient (Wildman–Crippen LogP) is 1.58. The third-order valence-corrected chi connectivity index (χ3v) is 4.08. The number of hydrogen-bond acceptors (Lipinski definition) is 3. The van der Waals surface area contributed by atoms with Crippen molar-refractivity contribution >= 4 is 11.9 Å². The van der Waals surface area contributed by atoms with Crippen molar-refractivity contribution in [2.24, 2.45) is 10.9 Å². The van der Waals surface area contributed by atoms with Crippen LogP contribution in [0.1, 0.15) is 54.4 Å². The number of amides is 1. The van der Waals surface area contributed by atoms with Gasteiger partial charge in [0, 0.05) is 31.2 Å². The summed E-state index contributed by atoms with van der Waals surface area (Å²) in [6, 6.07) is 0.607. The molecule has 0 aliphatic carbocycles. The summed E-state index contributed by atoms with van der Waals surface area (Å²) in [5, 5.41) is 9.55. The maximum absolute atomic E-state index is 11.9. The van der Waals surface area contributed by atoms with Gasteiger partial charge in [0.25, 0.3) is 0 Å². The molecule has 0 aromatic heterocycles. The standard InChI is InChI=1S/C18H37N5O/c1-7-19-17(21-12-16(24)22-18(4,5)6)20-11-15-9-8-10-23(13-15)14(2)3/h14-15H,7-13H2,1-6H3,(H,22,24)(H2,19,20,21). The van der Waals surface area contributed by atoms with E-state index in [1.807, 2.05) is 27.7 Å². The smallest absolute Gasteiger partial charge is 0.242 e. The maximum atomic E-state index is 11.9. The SMILES string of the molecule is CCNC(=NCC(=O)NC(C)(C)C)NCC1CCCN(C(C)C)C1. The van der Waals surface area contributed by atoms with Crippen molar-refractivity contribution in [1.82, 2.24) is 20.9 Å². The minimum absolute atomic E-state index is 0.0525. The van der Waals surface area contributed by atoms with Gasteiger partial charge >= 0.3 is 0 Å². The van der Waals surface area contributed by atoms with E-state index in [1.54, 1.807) is 0 Å². The molecule has 1 saturated heterocycles. The van der Waals surface area contributed by atoms with Gasteiger partial charge in [-0.15, -0.1) is 0 Å². The molecule has 6 heteroatoms.